The summed E-state index contributed by atoms with van der Waals surface area (Å²) in [6.07, 6.45) is 14.1. The predicted molar refractivity (Wildman–Crippen MR) is 131 cm³/mol. The Labute approximate surface area is 236 Å². The molecule has 5 rings (SSSR count). The van der Waals surface area contributed by atoms with Crippen LogP contribution in [-0.4, -0.2) is 17.9 Å². The molecule has 2 aliphatic rings. The van der Waals surface area contributed by atoms with Gasteiger partial charge in [0.15, 0.2) is 0 Å². The molecule has 1 fully saturated rings. The zero-order valence-electron chi connectivity index (χ0n) is 20.1. The molecular weight excluding hydrogens is 548 g/mol. The van der Waals surface area contributed by atoms with Crippen molar-refractivity contribution in [1.29, 1.82) is 0 Å². The van der Waals surface area contributed by atoms with Gasteiger partial charge in [-0.3, -0.25) is 0 Å². The predicted octanol–water partition coefficient (Wildman–Crippen LogP) is 2.49. The van der Waals surface area contributed by atoms with Crippen molar-refractivity contribution in [2.45, 2.75) is 12.8 Å². The number of carboxylic acid groups (broad SMARTS) is 3. The van der Waals surface area contributed by atoms with Gasteiger partial charge < -0.3 is 36.1 Å². The number of fused-ring (bicyclic) bond motifs is 1. The van der Waals surface area contributed by atoms with Crippen molar-refractivity contribution in [2.24, 2.45) is 11.8 Å². The number of allylic oxidation sites excluding steroid dienone is 4. The van der Waals surface area contributed by atoms with E-state index >= 15 is 0 Å². The molecule has 0 saturated heterocycles. The number of carboxylic acids is 3. The molecule has 6 nitrogen and oxygen atoms in total. The molecule has 3 aromatic rings. The first-order valence-corrected chi connectivity index (χ1v) is 11.4. The van der Waals surface area contributed by atoms with Crippen molar-refractivity contribution in [3.63, 3.8) is 0 Å². The molecule has 1 saturated carbocycles. The average molecular weight is 574 g/mol. The van der Waals surface area contributed by atoms with Crippen LogP contribution >= 0.6 is 0 Å². The summed E-state index contributed by atoms with van der Waals surface area (Å²) in [7, 11) is 0. The van der Waals surface area contributed by atoms with Crippen molar-refractivity contribution in [3.8, 4) is 0 Å². The second-order valence-electron chi connectivity index (χ2n) is 7.78. The summed E-state index contributed by atoms with van der Waals surface area (Å²) in [5.74, 6) is -1.77. The van der Waals surface area contributed by atoms with Crippen molar-refractivity contribution < 1.29 is 55.9 Å². The smallest absolute Gasteiger partial charge is 0.545 e. The Morgan fingerprint density at radius 1 is 0.595 bits per heavy atom. The van der Waals surface area contributed by atoms with Crippen LogP contribution in [0.3, 0.4) is 0 Å². The zero-order valence-corrected chi connectivity index (χ0v) is 22.5. The Morgan fingerprint density at radius 3 is 1.24 bits per heavy atom. The minimum atomic E-state index is -1.13. The van der Waals surface area contributed by atoms with Gasteiger partial charge in [-0.15, -0.1) is 12.0 Å². The number of aromatic carboxylic acids is 3. The fourth-order valence-electron chi connectivity index (χ4n) is 3.42. The average Bonchev–Trinajstić information content (AvgIpc) is 3.40. The second-order valence-corrected chi connectivity index (χ2v) is 7.78. The molecule has 0 heterocycles. The van der Waals surface area contributed by atoms with Crippen LogP contribution in [0.2, 0.25) is 0 Å². The Hall–Kier alpha value is -3.57. The van der Waals surface area contributed by atoms with Gasteiger partial charge in [-0.25, -0.2) is 0 Å². The first kappa shape index (κ1) is 31.5. The summed E-state index contributed by atoms with van der Waals surface area (Å²) >= 11 is 0. The summed E-state index contributed by atoms with van der Waals surface area (Å²) in [5, 5.41) is 30.3. The third-order valence-electron chi connectivity index (χ3n) is 5.26. The molecule has 7 heteroatoms. The van der Waals surface area contributed by atoms with E-state index in [-0.39, 0.29) is 42.9 Å². The molecule has 0 amide bonds. The van der Waals surface area contributed by atoms with Crippen LogP contribution in [0.4, 0.5) is 0 Å². The van der Waals surface area contributed by atoms with Crippen LogP contribution in [0.1, 0.15) is 43.9 Å². The first-order valence-electron chi connectivity index (χ1n) is 11.4. The van der Waals surface area contributed by atoms with Gasteiger partial charge in [-0.2, -0.15) is 6.42 Å². The van der Waals surface area contributed by atoms with E-state index in [1.165, 1.54) is 49.2 Å². The molecule has 186 valence electrons. The molecule has 0 aliphatic heterocycles. The summed E-state index contributed by atoms with van der Waals surface area (Å²) in [6.45, 7) is 0. The Balaban J connectivity index is 0.000000244. The van der Waals surface area contributed by atoms with Crippen molar-refractivity contribution in [2.75, 3.05) is 0 Å². The largest absolute Gasteiger partial charge is 4.00 e. The van der Waals surface area contributed by atoms with Crippen LogP contribution in [0.5, 0.6) is 0 Å². The molecule has 0 spiro atoms. The second kappa shape index (κ2) is 17.8. The minimum absolute atomic E-state index is 0. The van der Waals surface area contributed by atoms with E-state index in [1.54, 1.807) is 54.6 Å². The van der Waals surface area contributed by atoms with Gasteiger partial charge in [0.1, 0.15) is 0 Å². The summed E-state index contributed by atoms with van der Waals surface area (Å²) in [5.41, 5.74) is 0.660. The maximum Gasteiger partial charge on any atom is 4.00 e. The number of rotatable bonds is 3. The van der Waals surface area contributed by atoms with Gasteiger partial charge in [-0.1, -0.05) is 116 Å². The maximum absolute atomic E-state index is 10.1. The van der Waals surface area contributed by atoms with E-state index in [0.29, 0.717) is 0 Å². The molecule has 2 atom stereocenters. The molecule has 0 aromatic heterocycles. The fraction of sp³-hybridized carbons (Fsp3) is 0.133. The van der Waals surface area contributed by atoms with Gasteiger partial charge >= 0.3 is 26.2 Å². The van der Waals surface area contributed by atoms with Crippen LogP contribution in [0.15, 0.2) is 115 Å². The SMILES string of the molecule is C1=CC2[CH-]CCC2C=C1.O=C([O-])c1ccccc1.O=C([O-])c1ccccc1.O=C([O-])c1ccccc1.[Zr+4]. The Bertz CT molecular complexity index is 1010. The van der Waals surface area contributed by atoms with Gasteiger partial charge in [-0.05, 0) is 22.6 Å². The molecule has 2 unspecified atom stereocenters. The first-order chi connectivity index (χ1) is 17.4. The molecule has 0 bridgehead atoms. The van der Waals surface area contributed by atoms with Crippen molar-refractivity contribution in [3.05, 3.63) is 138 Å². The Morgan fingerprint density at radius 2 is 0.946 bits per heavy atom. The molecule has 2 aliphatic carbocycles. The number of benzene rings is 3. The topological polar surface area (TPSA) is 120 Å². The fourth-order valence-corrected chi connectivity index (χ4v) is 3.42. The van der Waals surface area contributed by atoms with E-state index in [4.69, 9.17) is 0 Å². The molecule has 3 aromatic carbocycles. The maximum atomic E-state index is 10.1. The number of hydrogen-bond donors (Lipinski definition) is 0. The number of carbonyl (C=O) groups is 3. The zero-order chi connectivity index (χ0) is 26.2. The van der Waals surface area contributed by atoms with Crippen LogP contribution in [0, 0.1) is 18.3 Å². The molecule has 37 heavy (non-hydrogen) atoms. The van der Waals surface area contributed by atoms with E-state index in [9.17, 15) is 29.7 Å². The van der Waals surface area contributed by atoms with Crippen molar-refractivity contribution in [1.82, 2.24) is 0 Å². The van der Waals surface area contributed by atoms with Crippen LogP contribution < -0.4 is 15.3 Å². The number of hydrogen-bond acceptors (Lipinski definition) is 6. The quantitative estimate of drug-likeness (QED) is 0.444. The van der Waals surface area contributed by atoms with Crippen LogP contribution in [-0.2, 0) is 26.2 Å². The van der Waals surface area contributed by atoms with Crippen LogP contribution in [0.25, 0.3) is 0 Å². The standard InChI is InChI=1S/C9H11.3C7H6O2.Zr/c1-2-5-9-7-3-6-8(9)4-1;3*8-7(9)6-4-2-1-3-5-6;/h1-2,4-6,8-9H,3,7H2;3*1-5H,(H,8,9);/q-1;;;;+4/p-3. The van der Waals surface area contributed by atoms with Crippen molar-refractivity contribution >= 4 is 17.9 Å². The van der Waals surface area contributed by atoms with Gasteiger partial charge in [0.05, 0.1) is 17.9 Å². The molecule has 0 N–H and O–H groups in total. The van der Waals surface area contributed by atoms with Gasteiger partial charge in [0, 0.05) is 0 Å². The summed E-state index contributed by atoms with van der Waals surface area (Å²) in [6, 6.07) is 24.2. The monoisotopic (exact) mass is 572 g/mol. The Kier molecular flexibility index (Phi) is 15.1. The van der Waals surface area contributed by atoms with Gasteiger partial charge in [0.25, 0.3) is 0 Å². The van der Waals surface area contributed by atoms with E-state index < -0.39 is 17.9 Å². The third-order valence-corrected chi connectivity index (χ3v) is 5.26. The summed E-state index contributed by atoms with van der Waals surface area (Å²) in [4.78, 5) is 30.3. The van der Waals surface area contributed by atoms with E-state index in [1.807, 2.05) is 0 Å². The minimum Gasteiger partial charge on any atom is -0.545 e. The summed E-state index contributed by atoms with van der Waals surface area (Å²) < 4.78 is 0. The number of carbonyl (C=O) groups excluding carboxylic acids is 3. The molecular formula is C30H26O6Zr. The van der Waals surface area contributed by atoms with Gasteiger partial charge in [0.2, 0.25) is 0 Å². The van der Waals surface area contributed by atoms with E-state index in [0.717, 1.165) is 11.8 Å². The normalized spacial score (nSPS) is 16.0. The molecule has 0 radical (unpaired) electrons. The van der Waals surface area contributed by atoms with E-state index in [2.05, 4.69) is 30.7 Å². The third kappa shape index (κ3) is 12.3.